The summed E-state index contributed by atoms with van der Waals surface area (Å²) in [5.74, 6) is -1.10. The molecule has 182 valence electrons. The molecule has 0 saturated heterocycles. The average Bonchev–Trinajstić information content (AvgIpc) is 2.82. The van der Waals surface area contributed by atoms with Crippen LogP contribution in [0.25, 0.3) is 0 Å². The summed E-state index contributed by atoms with van der Waals surface area (Å²) in [6, 6.07) is 14.8. The molecule has 0 radical (unpaired) electrons. The van der Waals surface area contributed by atoms with Gasteiger partial charge in [0.25, 0.3) is 0 Å². The van der Waals surface area contributed by atoms with Crippen LogP contribution in [0.3, 0.4) is 0 Å². The third-order valence-corrected chi connectivity index (χ3v) is 5.57. The highest BCUT2D eigenvalue weighted by molar-refractivity contribution is 9.10. The highest BCUT2D eigenvalue weighted by Gasteiger charge is 2.14. The second-order valence-electron chi connectivity index (χ2n) is 7.63. The van der Waals surface area contributed by atoms with Crippen molar-refractivity contribution in [3.8, 4) is 11.5 Å². The summed E-state index contributed by atoms with van der Waals surface area (Å²) >= 11 is 3.47. The molecule has 35 heavy (non-hydrogen) atoms. The third-order valence-electron chi connectivity index (χ3n) is 4.98. The summed E-state index contributed by atoms with van der Waals surface area (Å²) in [7, 11) is 0. The number of hydrazone groups is 1. The molecule has 9 heteroatoms. The maximum atomic E-state index is 13.1. The number of nitrogens with zero attached hydrogens (tertiary/aromatic N) is 1. The lowest BCUT2D eigenvalue weighted by atomic mass is 10.1. The van der Waals surface area contributed by atoms with Crippen molar-refractivity contribution in [3.05, 3.63) is 87.1 Å². The Morgan fingerprint density at radius 2 is 1.74 bits per heavy atom. The van der Waals surface area contributed by atoms with Crippen LogP contribution >= 0.6 is 15.9 Å². The average molecular weight is 542 g/mol. The molecule has 0 aliphatic carbocycles. The van der Waals surface area contributed by atoms with E-state index >= 15 is 0 Å². The fraction of sp³-hybridized carbons (Fsp3) is 0.192. The Hall–Kier alpha value is -3.72. The number of rotatable bonds is 8. The molecule has 0 aromatic heterocycles. The summed E-state index contributed by atoms with van der Waals surface area (Å²) in [6.07, 6.45) is 1.39. The topological polar surface area (TPSA) is 89.0 Å². The van der Waals surface area contributed by atoms with Crippen LogP contribution in [0.2, 0.25) is 0 Å². The zero-order chi connectivity index (χ0) is 25.4. The van der Waals surface area contributed by atoms with Gasteiger partial charge in [-0.3, -0.25) is 9.59 Å². The van der Waals surface area contributed by atoms with Gasteiger partial charge in [0.1, 0.15) is 12.4 Å². The first kappa shape index (κ1) is 25.9. The summed E-state index contributed by atoms with van der Waals surface area (Å²) in [6.45, 7) is 6.34. The first-order chi connectivity index (χ1) is 16.8. The minimum absolute atomic E-state index is 0.220. The predicted octanol–water partition coefficient (Wildman–Crippen LogP) is 5.27. The van der Waals surface area contributed by atoms with Crippen molar-refractivity contribution in [1.82, 2.24) is 5.43 Å². The molecule has 2 amide bonds. The second kappa shape index (κ2) is 12.1. The molecule has 3 aromatic rings. The maximum Gasteiger partial charge on any atom is 0.329 e. The molecule has 0 unspecified atom stereocenters. The van der Waals surface area contributed by atoms with Crippen molar-refractivity contribution in [2.45, 2.75) is 27.4 Å². The van der Waals surface area contributed by atoms with E-state index in [9.17, 15) is 14.0 Å². The number of amides is 2. The zero-order valence-corrected chi connectivity index (χ0v) is 21.1. The SMILES string of the molecule is CCOc1cc(/C=N/NC(=O)C(=O)Nc2ccc(C)c(C)c2)cc(Br)c1OCc1ccc(F)cc1. The molecule has 0 saturated carbocycles. The Bertz CT molecular complexity index is 1250. The lowest BCUT2D eigenvalue weighted by Crippen LogP contribution is -2.32. The fourth-order valence-corrected chi connectivity index (χ4v) is 3.60. The quantitative estimate of drug-likeness (QED) is 0.231. The van der Waals surface area contributed by atoms with Crippen LogP contribution in [0, 0.1) is 19.7 Å². The maximum absolute atomic E-state index is 13.1. The van der Waals surface area contributed by atoms with E-state index in [4.69, 9.17) is 9.47 Å². The van der Waals surface area contributed by atoms with Gasteiger partial charge in [-0.05, 0) is 95.4 Å². The van der Waals surface area contributed by atoms with Crippen LogP contribution in [0.4, 0.5) is 10.1 Å². The Morgan fingerprint density at radius 3 is 2.43 bits per heavy atom. The number of anilines is 1. The smallest absolute Gasteiger partial charge is 0.329 e. The number of nitrogens with one attached hydrogen (secondary N) is 2. The van der Waals surface area contributed by atoms with Crippen LogP contribution < -0.4 is 20.2 Å². The molecule has 0 bridgehead atoms. The number of benzene rings is 3. The van der Waals surface area contributed by atoms with Gasteiger partial charge in [0, 0.05) is 5.69 Å². The molecule has 0 fully saturated rings. The van der Waals surface area contributed by atoms with Gasteiger partial charge in [0.2, 0.25) is 0 Å². The third kappa shape index (κ3) is 7.38. The first-order valence-electron chi connectivity index (χ1n) is 10.8. The van der Waals surface area contributed by atoms with E-state index < -0.39 is 11.8 Å². The zero-order valence-electron chi connectivity index (χ0n) is 19.5. The van der Waals surface area contributed by atoms with Gasteiger partial charge in [0.05, 0.1) is 17.3 Å². The predicted molar refractivity (Wildman–Crippen MR) is 136 cm³/mol. The summed E-state index contributed by atoms with van der Waals surface area (Å²) in [5.41, 5.74) is 6.23. The minimum atomic E-state index is -0.900. The van der Waals surface area contributed by atoms with E-state index in [-0.39, 0.29) is 12.4 Å². The molecule has 0 atom stereocenters. The fourth-order valence-electron chi connectivity index (χ4n) is 3.02. The molecule has 0 aliphatic heterocycles. The Labute approximate surface area is 211 Å². The molecule has 2 N–H and O–H groups in total. The molecular formula is C26H25BrFN3O4. The molecule has 7 nitrogen and oxygen atoms in total. The molecule has 0 aliphatic rings. The van der Waals surface area contributed by atoms with E-state index in [0.29, 0.717) is 33.8 Å². The lowest BCUT2D eigenvalue weighted by molar-refractivity contribution is -0.136. The van der Waals surface area contributed by atoms with E-state index in [0.717, 1.165) is 16.7 Å². The number of aryl methyl sites for hydroxylation is 2. The van der Waals surface area contributed by atoms with Crippen LogP contribution in [0.5, 0.6) is 11.5 Å². The van der Waals surface area contributed by atoms with Crippen LogP contribution in [-0.4, -0.2) is 24.6 Å². The normalized spacial score (nSPS) is 10.8. The van der Waals surface area contributed by atoms with Gasteiger partial charge < -0.3 is 14.8 Å². The summed E-state index contributed by atoms with van der Waals surface area (Å²) in [5, 5.41) is 6.41. The first-order valence-corrected chi connectivity index (χ1v) is 11.6. The Balaban J connectivity index is 1.64. The van der Waals surface area contributed by atoms with E-state index in [1.165, 1.54) is 18.3 Å². The van der Waals surface area contributed by atoms with Crippen molar-refractivity contribution < 1.29 is 23.5 Å². The van der Waals surface area contributed by atoms with Gasteiger partial charge >= 0.3 is 11.8 Å². The number of hydrogen-bond acceptors (Lipinski definition) is 5. The standard InChI is InChI=1S/C26H25BrFN3O4/c1-4-34-23-13-19(12-22(27)24(23)35-15-18-6-8-20(28)9-7-18)14-29-31-26(33)25(32)30-21-10-5-16(2)17(3)11-21/h5-14H,4,15H2,1-3H3,(H,30,32)(H,31,33)/b29-14+. The van der Waals surface area contributed by atoms with E-state index in [2.05, 4.69) is 31.8 Å². The highest BCUT2D eigenvalue weighted by atomic mass is 79.9. The number of carbonyl (C=O) groups excluding carboxylic acids is 2. The van der Waals surface area contributed by atoms with Crippen LogP contribution in [0.1, 0.15) is 29.2 Å². The Morgan fingerprint density at radius 1 is 1.00 bits per heavy atom. The monoisotopic (exact) mass is 541 g/mol. The van der Waals surface area contributed by atoms with E-state index in [1.807, 2.05) is 26.8 Å². The van der Waals surface area contributed by atoms with Gasteiger partial charge in [-0.25, -0.2) is 9.82 Å². The van der Waals surface area contributed by atoms with Crippen molar-refractivity contribution in [3.63, 3.8) is 0 Å². The minimum Gasteiger partial charge on any atom is -0.490 e. The Kier molecular flexibility index (Phi) is 8.97. The molecule has 3 aromatic carbocycles. The second-order valence-corrected chi connectivity index (χ2v) is 8.48. The number of hydrogen-bond donors (Lipinski definition) is 2. The molecule has 0 heterocycles. The highest BCUT2D eigenvalue weighted by Crippen LogP contribution is 2.37. The molecule has 3 rings (SSSR count). The van der Waals surface area contributed by atoms with Gasteiger partial charge in [-0.2, -0.15) is 5.10 Å². The summed E-state index contributed by atoms with van der Waals surface area (Å²) in [4.78, 5) is 24.2. The van der Waals surface area contributed by atoms with Crippen molar-refractivity contribution in [2.75, 3.05) is 11.9 Å². The van der Waals surface area contributed by atoms with Crippen LogP contribution in [0.15, 0.2) is 64.2 Å². The largest absolute Gasteiger partial charge is 0.490 e. The van der Waals surface area contributed by atoms with Crippen LogP contribution in [-0.2, 0) is 16.2 Å². The number of ether oxygens (including phenoxy) is 2. The van der Waals surface area contributed by atoms with Gasteiger partial charge in [-0.15, -0.1) is 0 Å². The van der Waals surface area contributed by atoms with Crippen molar-refractivity contribution >= 4 is 39.6 Å². The molecular weight excluding hydrogens is 517 g/mol. The molecule has 0 spiro atoms. The van der Waals surface area contributed by atoms with Gasteiger partial charge in [0.15, 0.2) is 11.5 Å². The lowest BCUT2D eigenvalue weighted by Gasteiger charge is -2.14. The van der Waals surface area contributed by atoms with Gasteiger partial charge in [-0.1, -0.05) is 18.2 Å². The van der Waals surface area contributed by atoms with Crippen molar-refractivity contribution in [2.24, 2.45) is 5.10 Å². The number of halogens is 2. The number of carbonyl (C=O) groups is 2. The summed E-state index contributed by atoms with van der Waals surface area (Å²) < 4.78 is 25.3. The van der Waals surface area contributed by atoms with Crippen molar-refractivity contribution in [1.29, 1.82) is 0 Å². The van der Waals surface area contributed by atoms with E-state index in [1.54, 1.807) is 36.4 Å².